The molecule has 1 aliphatic heterocycles. The minimum absolute atomic E-state index is 0.160. The summed E-state index contributed by atoms with van der Waals surface area (Å²) >= 11 is 0. The van der Waals surface area contributed by atoms with Crippen LogP contribution in [-0.4, -0.2) is 38.3 Å². The highest BCUT2D eigenvalue weighted by Crippen LogP contribution is 2.49. The van der Waals surface area contributed by atoms with Crippen LogP contribution < -0.4 is 0 Å². The Morgan fingerprint density at radius 1 is 1.38 bits per heavy atom. The Kier molecular flexibility index (Phi) is 2.59. The van der Waals surface area contributed by atoms with Crippen molar-refractivity contribution in [2.24, 2.45) is 5.41 Å². The fourth-order valence-electron chi connectivity index (χ4n) is 2.48. The molecule has 0 radical (unpaired) electrons. The van der Waals surface area contributed by atoms with Gasteiger partial charge in [0.2, 0.25) is 5.91 Å². The molecular formula is C11H19NO4. The summed E-state index contributed by atoms with van der Waals surface area (Å²) in [7, 11) is 0. The highest BCUT2D eigenvalue weighted by Gasteiger charge is 2.64. The molecule has 0 bridgehead atoms. The zero-order chi connectivity index (χ0) is 12.9. The molecule has 0 unspecified atom stereocenters. The minimum atomic E-state index is -1.35. The molecule has 2 amide bonds. The molecular weight excluding hydrogens is 210 g/mol. The summed E-state index contributed by atoms with van der Waals surface area (Å²) in [6.07, 6.45) is -1.47. The third kappa shape index (κ3) is 1.42. The van der Waals surface area contributed by atoms with E-state index in [1.165, 1.54) is 6.92 Å². The van der Waals surface area contributed by atoms with Crippen LogP contribution in [0.4, 0.5) is 4.79 Å². The van der Waals surface area contributed by atoms with Gasteiger partial charge in [-0.05, 0) is 19.3 Å². The van der Waals surface area contributed by atoms with Crippen LogP contribution in [0.3, 0.4) is 0 Å². The van der Waals surface area contributed by atoms with Gasteiger partial charge in [0.05, 0.1) is 17.6 Å². The summed E-state index contributed by atoms with van der Waals surface area (Å²) < 4.78 is 0. The number of rotatable bonds is 0. The van der Waals surface area contributed by atoms with E-state index in [9.17, 15) is 14.7 Å². The first kappa shape index (κ1) is 13.0. The molecule has 0 aromatic heterocycles. The summed E-state index contributed by atoms with van der Waals surface area (Å²) in [6.45, 7) is 8.58. The van der Waals surface area contributed by atoms with Crippen LogP contribution in [0.5, 0.6) is 0 Å². The number of likely N-dealkylation sites (tertiary alicyclic amines) is 1. The van der Waals surface area contributed by atoms with E-state index in [0.717, 1.165) is 4.90 Å². The Morgan fingerprint density at radius 2 is 1.81 bits per heavy atom. The lowest BCUT2D eigenvalue weighted by molar-refractivity contribution is -0.132. The van der Waals surface area contributed by atoms with Crippen molar-refractivity contribution < 1.29 is 19.8 Å². The summed E-state index contributed by atoms with van der Waals surface area (Å²) in [4.78, 5) is 23.6. The van der Waals surface area contributed by atoms with Crippen LogP contribution >= 0.6 is 0 Å². The molecule has 1 rings (SSSR count). The van der Waals surface area contributed by atoms with Crippen molar-refractivity contribution >= 4 is 12.0 Å². The number of hydrogen-bond donors (Lipinski definition) is 2. The van der Waals surface area contributed by atoms with Crippen LogP contribution in [0, 0.1) is 5.41 Å². The van der Waals surface area contributed by atoms with E-state index >= 15 is 0 Å². The number of carbonyl (C=O) groups excluding carboxylic acids is 1. The molecule has 2 N–H and O–H groups in total. The van der Waals surface area contributed by atoms with Crippen molar-refractivity contribution in [3.05, 3.63) is 0 Å². The monoisotopic (exact) mass is 229 g/mol. The number of imide groups is 1. The number of carbonyl (C=O) groups is 2. The third-order valence-electron chi connectivity index (χ3n) is 3.89. The number of aliphatic hydroxyl groups is 1. The molecule has 0 spiro atoms. The number of carboxylic acid groups (broad SMARTS) is 1. The number of nitrogens with zero attached hydrogens (tertiary/aromatic N) is 1. The predicted octanol–water partition coefficient (Wildman–Crippen LogP) is 1.45. The van der Waals surface area contributed by atoms with Gasteiger partial charge in [-0.3, -0.25) is 4.79 Å². The summed E-state index contributed by atoms with van der Waals surface area (Å²) in [5.74, 6) is -0.546. The first-order valence-electron chi connectivity index (χ1n) is 5.23. The van der Waals surface area contributed by atoms with Crippen LogP contribution in [0.15, 0.2) is 0 Å². The zero-order valence-electron chi connectivity index (χ0n) is 10.4. The minimum Gasteiger partial charge on any atom is -0.465 e. The second-order valence-electron chi connectivity index (χ2n) is 5.78. The van der Waals surface area contributed by atoms with E-state index in [2.05, 4.69) is 0 Å². The van der Waals surface area contributed by atoms with Gasteiger partial charge in [-0.1, -0.05) is 20.8 Å². The van der Waals surface area contributed by atoms with E-state index in [1.807, 2.05) is 20.8 Å². The molecule has 0 aromatic carbocycles. The Labute approximate surface area is 95.1 Å². The van der Waals surface area contributed by atoms with E-state index in [-0.39, 0.29) is 6.42 Å². The van der Waals surface area contributed by atoms with Gasteiger partial charge in [0.15, 0.2) is 0 Å². The maximum atomic E-state index is 11.7. The average Bonchev–Trinajstić information content (AvgIpc) is 2.16. The van der Waals surface area contributed by atoms with Gasteiger partial charge in [-0.25, -0.2) is 9.69 Å². The van der Waals surface area contributed by atoms with Crippen molar-refractivity contribution in [3.63, 3.8) is 0 Å². The molecule has 5 heteroatoms. The molecule has 0 aliphatic carbocycles. The Morgan fingerprint density at radius 3 is 2.06 bits per heavy atom. The van der Waals surface area contributed by atoms with Crippen LogP contribution in [0.2, 0.25) is 0 Å². The standard InChI is InChI=1S/C11H19NO4/c1-9(2,3)11(5)10(4,16)6-7(13)12(11)8(14)15/h16H,6H2,1-5H3,(H,14,15)/t10-,11-/m0/s1. The molecule has 1 heterocycles. The van der Waals surface area contributed by atoms with Gasteiger partial charge in [-0.15, -0.1) is 0 Å². The summed E-state index contributed by atoms with van der Waals surface area (Å²) in [6, 6.07) is 0. The van der Waals surface area contributed by atoms with E-state index < -0.39 is 28.6 Å². The first-order chi connectivity index (χ1) is 6.95. The summed E-state index contributed by atoms with van der Waals surface area (Å²) in [5, 5.41) is 19.4. The van der Waals surface area contributed by atoms with Gasteiger partial charge in [-0.2, -0.15) is 0 Å². The van der Waals surface area contributed by atoms with E-state index in [0.29, 0.717) is 0 Å². The lowest BCUT2D eigenvalue weighted by Crippen LogP contribution is -2.63. The van der Waals surface area contributed by atoms with Gasteiger partial charge in [0.25, 0.3) is 0 Å². The fraction of sp³-hybridized carbons (Fsp3) is 0.818. The highest BCUT2D eigenvalue weighted by molar-refractivity contribution is 5.95. The van der Waals surface area contributed by atoms with Gasteiger partial charge >= 0.3 is 6.09 Å². The SMILES string of the molecule is CC(C)(C)[C@]1(C)N(C(=O)O)C(=O)C[C@]1(C)O. The van der Waals surface area contributed by atoms with Gasteiger partial charge < -0.3 is 10.2 Å². The van der Waals surface area contributed by atoms with Crippen LogP contribution in [0.1, 0.15) is 41.0 Å². The Balaban J connectivity index is 3.40. The van der Waals surface area contributed by atoms with Crippen LogP contribution in [-0.2, 0) is 4.79 Å². The maximum Gasteiger partial charge on any atom is 0.414 e. The quantitative estimate of drug-likeness (QED) is 0.659. The van der Waals surface area contributed by atoms with Crippen molar-refractivity contribution in [2.75, 3.05) is 0 Å². The van der Waals surface area contributed by atoms with Gasteiger partial charge in [0, 0.05) is 0 Å². The molecule has 16 heavy (non-hydrogen) atoms. The Hall–Kier alpha value is -1.10. The van der Waals surface area contributed by atoms with E-state index in [4.69, 9.17) is 5.11 Å². The van der Waals surface area contributed by atoms with Crippen LogP contribution in [0.25, 0.3) is 0 Å². The normalized spacial score (nSPS) is 35.6. The van der Waals surface area contributed by atoms with E-state index in [1.54, 1.807) is 6.92 Å². The maximum absolute atomic E-state index is 11.7. The molecule has 2 atom stereocenters. The number of amides is 2. The number of hydrogen-bond acceptors (Lipinski definition) is 3. The first-order valence-corrected chi connectivity index (χ1v) is 5.23. The zero-order valence-corrected chi connectivity index (χ0v) is 10.4. The molecule has 92 valence electrons. The molecule has 0 saturated carbocycles. The largest absolute Gasteiger partial charge is 0.465 e. The lowest BCUT2D eigenvalue weighted by atomic mass is 9.66. The molecule has 5 nitrogen and oxygen atoms in total. The topological polar surface area (TPSA) is 77.8 Å². The van der Waals surface area contributed by atoms with Gasteiger partial charge in [0.1, 0.15) is 0 Å². The molecule has 0 aromatic rings. The van der Waals surface area contributed by atoms with Crippen molar-refractivity contribution in [1.29, 1.82) is 0 Å². The second kappa shape index (κ2) is 3.20. The average molecular weight is 229 g/mol. The smallest absolute Gasteiger partial charge is 0.414 e. The summed E-state index contributed by atoms with van der Waals surface area (Å²) in [5.41, 5.74) is -3.01. The molecule has 1 fully saturated rings. The van der Waals surface area contributed by atoms with Crippen molar-refractivity contribution in [3.8, 4) is 0 Å². The fourth-order valence-corrected chi connectivity index (χ4v) is 2.48. The van der Waals surface area contributed by atoms with Crippen molar-refractivity contribution in [1.82, 2.24) is 4.90 Å². The Bertz CT molecular complexity index is 342. The van der Waals surface area contributed by atoms with Crippen molar-refractivity contribution in [2.45, 2.75) is 52.2 Å². The second-order valence-corrected chi connectivity index (χ2v) is 5.78. The lowest BCUT2D eigenvalue weighted by Gasteiger charge is -2.49. The predicted molar refractivity (Wildman–Crippen MR) is 58.0 cm³/mol. The molecule has 1 aliphatic rings. The highest BCUT2D eigenvalue weighted by atomic mass is 16.4. The molecule has 1 saturated heterocycles. The third-order valence-corrected chi connectivity index (χ3v) is 3.89.